The normalized spacial score (nSPS) is 18.5. The largest absolute Gasteiger partial charge is 0.416 e. The minimum atomic E-state index is -4.88. The minimum absolute atomic E-state index is 0. The van der Waals surface area contributed by atoms with Crippen molar-refractivity contribution in [1.29, 1.82) is 5.41 Å². The summed E-state index contributed by atoms with van der Waals surface area (Å²) in [5.74, 6) is -0.868. The number of hydrogen-bond donors (Lipinski definition) is 2. The summed E-state index contributed by atoms with van der Waals surface area (Å²) in [6.45, 7) is 1.58. The van der Waals surface area contributed by atoms with Gasteiger partial charge in [-0.3, -0.25) is 5.41 Å². The van der Waals surface area contributed by atoms with E-state index in [1.165, 1.54) is 0 Å². The molecule has 0 amide bonds. The van der Waals surface area contributed by atoms with Gasteiger partial charge in [-0.05, 0) is 36.6 Å². The molecule has 1 aliphatic rings. The van der Waals surface area contributed by atoms with Gasteiger partial charge in [0.2, 0.25) is 0 Å². The summed E-state index contributed by atoms with van der Waals surface area (Å²) in [6.07, 6.45) is -7.59. The molecule has 1 aliphatic carbocycles. The molecular weight excluding hydrogens is 370 g/mol. The summed E-state index contributed by atoms with van der Waals surface area (Å²) in [7, 11) is 0. The number of nitrogens with one attached hydrogen (secondary N) is 1. The molecule has 3 N–H and O–H groups in total. The van der Waals surface area contributed by atoms with Crippen LogP contribution in [0.5, 0.6) is 0 Å². The van der Waals surface area contributed by atoms with Crippen molar-refractivity contribution in [2.45, 2.75) is 50.4 Å². The third kappa shape index (κ3) is 4.22. The molecule has 1 atom stereocenters. The van der Waals surface area contributed by atoms with E-state index in [-0.39, 0.29) is 29.9 Å². The Morgan fingerprint density at radius 3 is 1.72 bits per heavy atom. The summed E-state index contributed by atoms with van der Waals surface area (Å²) < 4.78 is 78.4. The van der Waals surface area contributed by atoms with Crippen molar-refractivity contribution in [3.8, 4) is 0 Å². The number of halogens is 7. The maximum atomic E-state index is 13.1. The van der Waals surface area contributed by atoms with Crippen molar-refractivity contribution in [3.63, 3.8) is 0 Å². The smallest absolute Gasteiger partial charge is 0.387 e. The highest BCUT2D eigenvalue weighted by molar-refractivity contribution is 5.85. The Hall–Kier alpha value is -1.44. The lowest BCUT2D eigenvalue weighted by molar-refractivity contribution is -0.143. The van der Waals surface area contributed by atoms with Gasteiger partial charge in [0.25, 0.3) is 0 Å². The van der Waals surface area contributed by atoms with E-state index < -0.39 is 34.8 Å². The van der Waals surface area contributed by atoms with Crippen LogP contribution in [0.25, 0.3) is 0 Å². The second kappa shape index (κ2) is 7.05. The van der Waals surface area contributed by atoms with Crippen molar-refractivity contribution in [3.05, 3.63) is 34.9 Å². The zero-order valence-corrected chi connectivity index (χ0v) is 14.2. The van der Waals surface area contributed by atoms with Crippen LogP contribution in [-0.2, 0) is 17.8 Å². The highest BCUT2D eigenvalue weighted by Crippen LogP contribution is 2.49. The predicted molar refractivity (Wildman–Crippen MR) is 84.9 cm³/mol. The van der Waals surface area contributed by atoms with Gasteiger partial charge in [-0.2, -0.15) is 26.3 Å². The van der Waals surface area contributed by atoms with E-state index in [0.717, 1.165) is 12.1 Å². The van der Waals surface area contributed by atoms with E-state index in [2.05, 4.69) is 0 Å². The number of nitrogens with two attached hydrogens (primary N) is 1. The molecule has 1 saturated carbocycles. The molecule has 0 aromatic heterocycles. The number of benzene rings is 1. The Morgan fingerprint density at radius 2 is 1.40 bits per heavy atom. The first-order valence-corrected chi connectivity index (χ1v) is 7.52. The Kier molecular flexibility index (Phi) is 6.09. The molecule has 9 heteroatoms. The van der Waals surface area contributed by atoms with E-state index in [1.807, 2.05) is 0 Å². The predicted octanol–water partition coefficient (Wildman–Crippen LogP) is 5.53. The van der Waals surface area contributed by atoms with Gasteiger partial charge < -0.3 is 5.73 Å². The summed E-state index contributed by atoms with van der Waals surface area (Å²) >= 11 is 0. The quantitative estimate of drug-likeness (QED) is 0.399. The zero-order chi connectivity index (χ0) is 18.3. The molecule has 0 radical (unpaired) electrons. The van der Waals surface area contributed by atoms with Crippen LogP contribution >= 0.6 is 12.4 Å². The average Bonchev–Trinajstić information content (AvgIpc) is 2.94. The summed E-state index contributed by atoms with van der Waals surface area (Å²) in [4.78, 5) is 0. The number of rotatable bonds is 3. The minimum Gasteiger partial charge on any atom is -0.387 e. The van der Waals surface area contributed by atoms with E-state index >= 15 is 0 Å². The molecule has 0 aliphatic heterocycles. The Balaban J connectivity index is 0.00000312. The number of amidine groups is 1. The van der Waals surface area contributed by atoms with Gasteiger partial charge in [-0.15, -0.1) is 12.4 Å². The van der Waals surface area contributed by atoms with Gasteiger partial charge in [0.1, 0.15) is 0 Å². The first-order valence-electron chi connectivity index (χ1n) is 7.52. The average molecular weight is 389 g/mol. The first-order chi connectivity index (χ1) is 10.9. The second-order valence-corrected chi connectivity index (χ2v) is 6.33. The molecule has 0 heterocycles. The maximum absolute atomic E-state index is 13.1. The summed E-state index contributed by atoms with van der Waals surface area (Å²) in [6, 6.07) is 1.69. The standard InChI is InChI=1S/C16H18F6N2.ClH/c1-9(13(23)24)14(4-2-3-5-14)10-6-11(15(17,18)19)8-12(7-10)16(20,21)22;/h6-9H,2-5H2,1H3,(H3,23,24);1H. The molecule has 1 fully saturated rings. The molecule has 1 aromatic carbocycles. The molecule has 1 aromatic rings. The van der Waals surface area contributed by atoms with E-state index in [4.69, 9.17) is 11.1 Å². The van der Waals surface area contributed by atoms with Crippen LogP contribution < -0.4 is 5.73 Å². The van der Waals surface area contributed by atoms with Crippen LogP contribution in [0.15, 0.2) is 18.2 Å². The maximum Gasteiger partial charge on any atom is 0.416 e. The van der Waals surface area contributed by atoms with Crippen LogP contribution in [0, 0.1) is 11.3 Å². The summed E-state index contributed by atoms with van der Waals surface area (Å²) in [5.41, 5.74) is 1.87. The van der Waals surface area contributed by atoms with Crippen molar-refractivity contribution in [2.24, 2.45) is 11.7 Å². The van der Waals surface area contributed by atoms with E-state index in [1.54, 1.807) is 6.92 Å². The molecule has 0 saturated heterocycles. The van der Waals surface area contributed by atoms with Gasteiger partial charge in [0.05, 0.1) is 17.0 Å². The van der Waals surface area contributed by atoms with Crippen LogP contribution in [0.4, 0.5) is 26.3 Å². The molecule has 1 unspecified atom stereocenters. The fourth-order valence-electron chi connectivity index (χ4n) is 3.52. The monoisotopic (exact) mass is 388 g/mol. The van der Waals surface area contributed by atoms with Crippen LogP contribution in [0.3, 0.4) is 0 Å². The topological polar surface area (TPSA) is 49.9 Å². The molecule has 142 valence electrons. The van der Waals surface area contributed by atoms with Crippen molar-refractivity contribution >= 4 is 18.2 Å². The SMILES string of the molecule is CC(C(=N)N)C1(c2cc(C(F)(F)F)cc(C(F)(F)F)c2)CCCC1.Cl. The lowest BCUT2D eigenvalue weighted by Crippen LogP contribution is -2.39. The van der Waals surface area contributed by atoms with Crippen LogP contribution in [0.1, 0.15) is 49.3 Å². The van der Waals surface area contributed by atoms with Crippen molar-refractivity contribution in [2.75, 3.05) is 0 Å². The Morgan fingerprint density at radius 1 is 1.00 bits per heavy atom. The second-order valence-electron chi connectivity index (χ2n) is 6.33. The van der Waals surface area contributed by atoms with Gasteiger partial charge in [-0.1, -0.05) is 19.8 Å². The Bertz CT molecular complexity index is 600. The number of hydrogen-bond acceptors (Lipinski definition) is 1. The highest BCUT2D eigenvalue weighted by atomic mass is 35.5. The Labute approximate surface area is 147 Å². The third-order valence-electron chi connectivity index (χ3n) is 4.95. The van der Waals surface area contributed by atoms with Crippen LogP contribution in [-0.4, -0.2) is 5.84 Å². The molecule has 2 nitrogen and oxygen atoms in total. The summed E-state index contributed by atoms with van der Waals surface area (Å²) in [5, 5.41) is 7.63. The fraction of sp³-hybridized carbons (Fsp3) is 0.562. The van der Waals surface area contributed by atoms with E-state index in [9.17, 15) is 26.3 Å². The van der Waals surface area contributed by atoms with Gasteiger partial charge in [0, 0.05) is 11.3 Å². The molecule has 0 spiro atoms. The fourth-order valence-corrected chi connectivity index (χ4v) is 3.52. The van der Waals surface area contributed by atoms with Gasteiger partial charge in [-0.25, -0.2) is 0 Å². The van der Waals surface area contributed by atoms with Gasteiger partial charge >= 0.3 is 12.4 Å². The zero-order valence-electron chi connectivity index (χ0n) is 13.4. The van der Waals surface area contributed by atoms with Crippen LogP contribution in [0.2, 0.25) is 0 Å². The first kappa shape index (κ1) is 21.6. The lowest BCUT2D eigenvalue weighted by atomic mass is 9.68. The highest BCUT2D eigenvalue weighted by Gasteiger charge is 2.45. The third-order valence-corrected chi connectivity index (χ3v) is 4.95. The van der Waals surface area contributed by atoms with Gasteiger partial charge in [0.15, 0.2) is 0 Å². The molecule has 0 bridgehead atoms. The molecule has 25 heavy (non-hydrogen) atoms. The lowest BCUT2D eigenvalue weighted by Gasteiger charge is -2.36. The van der Waals surface area contributed by atoms with Crippen molar-refractivity contribution < 1.29 is 26.3 Å². The molecular formula is C16H19ClF6N2. The number of alkyl halides is 6. The van der Waals surface area contributed by atoms with E-state index in [0.29, 0.717) is 25.7 Å². The van der Waals surface area contributed by atoms with Crippen molar-refractivity contribution in [1.82, 2.24) is 0 Å². The molecule has 2 rings (SSSR count).